The maximum absolute atomic E-state index is 12.3. The number of amides is 1. The molecular formula is C15H18N4O. The predicted molar refractivity (Wildman–Crippen MR) is 75.7 cm³/mol. The fourth-order valence-electron chi connectivity index (χ4n) is 3.54. The van der Waals surface area contributed by atoms with Gasteiger partial charge in [-0.25, -0.2) is 4.98 Å². The summed E-state index contributed by atoms with van der Waals surface area (Å²) < 4.78 is 1.94. The van der Waals surface area contributed by atoms with Gasteiger partial charge in [0.1, 0.15) is 5.69 Å². The molecule has 1 saturated carbocycles. The van der Waals surface area contributed by atoms with Crippen LogP contribution in [0.4, 0.5) is 0 Å². The normalized spacial score (nSPS) is 28.1. The number of rotatable bonds is 2. The van der Waals surface area contributed by atoms with Crippen molar-refractivity contribution in [1.82, 2.24) is 20.0 Å². The number of aryl methyl sites for hydroxylation is 1. The average Bonchev–Trinajstić information content (AvgIpc) is 3.10. The van der Waals surface area contributed by atoms with Gasteiger partial charge in [-0.1, -0.05) is 0 Å². The molecule has 3 atom stereocenters. The van der Waals surface area contributed by atoms with E-state index in [0.29, 0.717) is 23.7 Å². The van der Waals surface area contributed by atoms with Crippen LogP contribution in [0.25, 0.3) is 5.52 Å². The van der Waals surface area contributed by atoms with E-state index in [-0.39, 0.29) is 5.91 Å². The van der Waals surface area contributed by atoms with Gasteiger partial charge in [0.2, 0.25) is 0 Å². The number of carbonyl (C=O) groups is 1. The largest absolute Gasteiger partial charge is 0.348 e. The third-order valence-corrected chi connectivity index (χ3v) is 4.53. The first-order valence-corrected chi connectivity index (χ1v) is 7.17. The van der Waals surface area contributed by atoms with Crippen LogP contribution in [0.1, 0.15) is 28.9 Å². The average molecular weight is 270 g/mol. The Morgan fingerprint density at radius 3 is 3.10 bits per heavy atom. The summed E-state index contributed by atoms with van der Waals surface area (Å²) in [5, 5.41) is 6.60. The molecule has 4 rings (SSSR count). The predicted octanol–water partition coefficient (Wildman–Crippen LogP) is 1.12. The van der Waals surface area contributed by atoms with Crippen molar-refractivity contribution in [3.8, 4) is 0 Å². The zero-order chi connectivity index (χ0) is 13.7. The molecule has 20 heavy (non-hydrogen) atoms. The first-order chi connectivity index (χ1) is 9.69. The number of hydrogen-bond donors (Lipinski definition) is 2. The molecule has 3 unspecified atom stereocenters. The SMILES string of the molecule is Cc1cc2cc(C(=O)NC3CC4CC3CN4)ncn2c1. The number of fused-ring (bicyclic) bond motifs is 3. The molecule has 5 nitrogen and oxygen atoms in total. The summed E-state index contributed by atoms with van der Waals surface area (Å²) >= 11 is 0. The van der Waals surface area contributed by atoms with E-state index in [1.807, 2.05) is 23.6 Å². The Kier molecular flexibility index (Phi) is 2.57. The van der Waals surface area contributed by atoms with E-state index in [0.717, 1.165) is 18.5 Å². The van der Waals surface area contributed by atoms with Gasteiger partial charge in [0.25, 0.3) is 5.91 Å². The zero-order valence-electron chi connectivity index (χ0n) is 11.5. The van der Waals surface area contributed by atoms with Gasteiger partial charge >= 0.3 is 0 Å². The highest BCUT2D eigenvalue weighted by Gasteiger charge is 2.40. The molecule has 1 aliphatic heterocycles. The Morgan fingerprint density at radius 2 is 2.35 bits per heavy atom. The first kappa shape index (κ1) is 11.9. The number of piperidine rings is 1. The van der Waals surface area contributed by atoms with Crippen LogP contribution < -0.4 is 10.6 Å². The Bertz CT molecular complexity index is 678. The van der Waals surface area contributed by atoms with E-state index in [2.05, 4.69) is 21.7 Å². The van der Waals surface area contributed by atoms with Crippen molar-refractivity contribution in [2.75, 3.05) is 6.54 Å². The summed E-state index contributed by atoms with van der Waals surface area (Å²) in [6.07, 6.45) is 5.95. The zero-order valence-corrected chi connectivity index (χ0v) is 11.5. The second-order valence-electron chi connectivity index (χ2n) is 6.04. The van der Waals surface area contributed by atoms with E-state index in [1.54, 1.807) is 6.33 Å². The highest BCUT2D eigenvalue weighted by atomic mass is 16.1. The molecule has 0 radical (unpaired) electrons. The molecule has 1 aliphatic carbocycles. The minimum absolute atomic E-state index is 0.0519. The van der Waals surface area contributed by atoms with Gasteiger partial charge in [0, 0.05) is 30.3 Å². The van der Waals surface area contributed by atoms with Gasteiger partial charge in [0.15, 0.2) is 0 Å². The maximum Gasteiger partial charge on any atom is 0.270 e. The van der Waals surface area contributed by atoms with E-state index in [4.69, 9.17) is 0 Å². The van der Waals surface area contributed by atoms with Gasteiger partial charge in [-0.05, 0) is 43.4 Å². The molecule has 2 bridgehead atoms. The number of aromatic nitrogens is 2. The summed E-state index contributed by atoms with van der Waals surface area (Å²) in [5.74, 6) is 0.534. The summed E-state index contributed by atoms with van der Waals surface area (Å²) in [7, 11) is 0. The highest BCUT2D eigenvalue weighted by molar-refractivity contribution is 5.93. The lowest BCUT2D eigenvalue weighted by Gasteiger charge is -2.23. The van der Waals surface area contributed by atoms with Crippen LogP contribution in [0.3, 0.4) is 0 Å². The van der Waals surface area contributed by atoms with Crippen LogP contribution in [0.5, 0.6) is 0 Å². The quantitative estimate of drug-likeness (QED) is 0.860. The molecule has 104 valence electrons. The third kappa shape index (κ3) is 1.89. The fourth-order valence-corrected chi connectivity index (χ4v) is 3.54. The summed E-state index contributed by atoms with van der Waals surface area (Å²) in [6, 6.07) is 4.81. The number of carbonyl (C=O) groups excluding carboxylic acids is 1. The molecular weight excluding hydrogens is 252 g/mol. The van der Waals surface area contributed by atoms with Gasteiger partial charge in [-0.3, -0.25) is 4.79 Å². The molecule has 5 heteroatoms. The summed E-state index contributed by atoms with van der Waals surface area (Å²) in [4.78, 5) is 16.6. The molecule has 2 N–H and O–H groups in total. The second kappa shape index (κ2) is 4.31. The summed E-state index contributed by atoms with van der Waals surface area (Å²) in [5.41, 5.74) is 2.69. The van der Waals surface area contributed by atoms with Crippen molar-refractivity contribution in [2.24, 2.45) is 5.92 Å². The van der Waals surface area contributed by atoms with Gasteiger partial charge in [-0.2, -0.15) is 0 Å². The van der Waals surface area contributed by atoms with Crippen LogP contribution in [-0.4, -0.2) is 33.9 Å². The van der Waals surface area contributed by atoms with E-state index < -0.39 is 0 Å². The molecule has 2 fully saturated rings. The number of nitrogens with zero attached hydrogens (tertiary/aromatic N) is 2. The molecule has 1 saturated heterocycles. The Labute approximate surface area is 117 Å². The van der Waals surface area contributed by atoms with Crippen molar-refractivity contribution >= 4 is 11.4 Å². The van der Waals surface area contributed by atoms with Gasteiger partial charge in [0.05, 0.1) is 6.33 Å². The van der Waals surface area contributed by atoms with Crippen molar-refractivity contribution in [3.05, 3.63) is 35.9 Å². The van der Waals surface area contributed by atoms with Crippen LogP contribution in [-0.2, 0) is 0 Å². The number of hydrogen-bond acceptors (Lipinski definition) is 3. The topological polar surface area (TPSA) is 58.4 Å². The van der Waals surface area contributed by atoms with Crippen molar-refractivity contribution in [1.29, 1.82) is 0 Å². The monoisotopic (exact) mass is 270 g/mol. The second-order valence-corrected chi connectivity index (χ2v) is 6.04. The molecule has 2 aliphatic rings. The van der Waals surface area contributed by atoms with Crippen LogP contribution in [0.15, 0.2) is 24.7 Å². The minimum Gasteiger partial charge on any atom is -0.348 e. The molecule has 0 spiro atoms. The third-order valence-electron chi connectivity index (χ3n) is 4.53. The molecule has 2 aromatic heterocycles. The lowest BCUT2D eigenvalue weighted by Crippen LogP contribution is -2.44. The molecule has 0 aromatic carbocycles. The Hall–Kier alpha value is -1.88. The fraction of sp³-hybridized carbons (Fsp3) is 0.467. The Morgan fingerprint density at radius 1 is 1.45 bits per heavy atom. The molecule has 3 heterocycles. The number of nitrogens with one attached hydrogen (secondary N) is 2. The lowest BCUT2D eigenvalue weighted by molar-refractivity contribution is 0.0920. The van der Waals surface area contributed by atoms with Crippen molar-refractivity contribution in [2.45, 2.75) is 31.8 Å². The van der Waals surface area contributed by atoms with Crippen molar-refractivity contribution in [3.63, 3.8) is 0 Å². The first-order valence-electron chi connectivity index (χ1n) is 7.17. The van der Waals surface area contributed by atoms with Crippen molar-refractivity contribution < 1.29 is 4.79 Å². The maximum atomic E-state index is 12.3. The Balaban J connectivity index is 1.54. The minimum atomic E-state index is -0.0519. The van der Waals surface area contributed by atoms with E-state index >= 15 is 0 Å². The highest BCUT2D eigenvalue weighted by Crippen LogP contribution is 2.31. The van der Waals surface area contributed by atoms with Crippen LogP contribution in [0, 0.1) is 12.8 Å². The van der Waals surface area contributed by atoms with Crippen LogP contribution in [0.2, 0.25) is 0 Å². The lowest BCUT2D eigenvalue weighted by atomic mass is 10.0. The van der Waals surface area contributed by atoms with Gasteiger partial charge in [-0.15, -0.1) is 0 Å². The van der Waals surface area contributed by atoms with E-state index in [9.17, 15) is 4.79 Å². The van der Waals surface area contributed by atoms with Gasteiger partial charge < -0.3 is 15.0 Å². The smallest absolute Gasteiger partial charge is 0.270 e. The standard InChI is InChI=1S/C15H18N4O/c1-9-2-12-5-14(17-8-19(12)7-9)15(20)18-13-4-11-3-10(13)6-16-11/h2,5,7-8,10-11,13,16H,3-4,6H2,1H3,(H,18,20). The molecule has 2 aromatic rings. The van der Waals surface area contributed by atoms with Crippen LogP contribution >= 0.6 is 0 Å². The summed E-state index contributed by atoms with van der Waals surface area (Å²) in [6.45, 7) is 3.06. The van der Waals surface area contributed by atoms with E-state index in [1.165, 1.54) is 12.0 Å². The molecule has 1 amide bonds.